The summed E-state index contributed by atoms with van der Waals surface area (Å²) in [6.45, 7) is 19.3. The molecule has 0 aromatic carbocycles. The molecule has 0 aliphatic heterocycles. The van der Waals surface area contributed by atoms with Crippen molar-refractivity contribution in [3.8, 4) is 0 Å². The van der Waals surface area contributed by atoms with Gasteiger partial charge in [0.1, 0.15) is 0 Å². The molecule has 37 heavy (non-hydrogen) atoms. The van der Waals surface area contributed by atoms with Crippen molar-refractivity contribution < 1.29 is 60.0 Å². The number of hydrogen-bond acceptors (Lipinski definition) is 8. The van der Waals surface area contributed by atoms with Gasteiger partial charge in [-0.25, -0.2) is 19.2 Å². The Balaban J connectivity index is -0.0000000780. The Hall–Kier alpha value is -3.32. The first-order chi connectivity index (χ1) is 16.9. The third-order valence-electron chi connectivity index (χ3n) is 2.84. The Morgan fingerprint density at radius 1 is 0.405 bits per heavy atom. The molecule has 0 unspecified atom stereocenters. The molecule has 0 rings (SSSR count). The van der Waals surface area contributed by atoms with Crippen LogP contribution in [0.4, 0.5) is 0 Å². The van der Waals surface area contributed by atoms with E-state index in [4.69, 9.17) is 40.9 Å². The molecule has 0 atom stereocenters. The zero-order valence-corrected chi connectivity index (χ0v) is 22.4. The molecule has 218 valence electrons. The minimum absolute atomic E-state index is 0.176. The number of carboxylic acid groups (broad SMARTS) is 4. The zero-order valence-electron chi connectivity index (χ0n) is 22.4. The van der Waals surface area contributed by atoms with Crippen LogP contribution in [-0.2, 0) is 19.2 Å². The van der Waals surface area contributed by atoms with Crippen molar-refractivity contribution in [1.29, 1.82) is 0 Å². The number of rotatable bonds is 11. The van der Waals surface area contributed by atoms with Gasteiger partial charge in [0.15, 0.2) is 0 Å². The Morgan fingerprint density at radius 2 is 0.514 bits per heavy atom. The summed E-state index contributed by atoms with van der Waals surface area (Å²) in [4.78, 5) is 38.4. The quantitative estimate of drug-likeness (QED) is 0.140. The van der Waals surface area contributed by atoms with Gasteiger partial charge in [0, 0.05) is 48.7 Å². The lowest BCUT2D eigenvalue weighted by Crippen LogP contribution is -1.92. The van der Waals surface area contributed by atoms with Crippen LogP contribution in [0.3, 0.4) is 0 Å². The minimum atomic E-state index is -0.935. The van der Waals surface area contributed by atoms with Gasteiger partial charge in [0.05, 0.1) is 0 Å². The summed E-state index contributed by atoms with van der Waals surface area (Å²) >= 11 is 0. The average molecular weight is 539 g/mol. The molecule has 0 amide bonds. The number of carbonyl (C=O) groups is 4. The van der Waals surface area contributed by atoms with Crippen molar-refractivity contribution in [1.82, 2.24) is 0 Å². The Labute approximate surface area is 219 Å². The number of aliphatic hydroxyl groups is 4. The van der Waals surface area contributed by atoms with Crippen LogP contribution < -0.4 is 0 Å². The summed E-state index contributed by atoms with van der Waals surface area (Å²) in [5.74, 6) is -3.74. The predicted octanol–water partition coefficient (Wildman–Crippen LogP) is 2.48. The van der Waals surface area contributed by atoms with Gasteiger partial charge in [-0.1, -0.05) is 26.3 Å². The number of carboxylic acids is 4. The monoisotopic (exact) mass is 538 g/mol. The van der Waals surface area contributed by atoms with Crippen molar-refractivity contribution >= 4 is 23.9 Å². The predicted molar refractivity (Wildman–Crippen MR) is 141 cm³/mol. The Kier molecular flexibility index (Phi) is 47.2. The third kappa shape index (κ3) is 79.4. The van der Waals surface area contributed by atoms with E-state index in [1.807, 2.05) is 0 Å². The van der Waals surface area contributed by atoms with Gasteiger partial charge in [-0.3, -0.25) is 0 Å². The first kappa shape index (κ1) is 46.9. The summed E-state index contributed by atoms with van der Waals surface area (Å²) in [6.07, 6.45) is 4.02. The van der Waals surface area contributed by atoms with Crippen molar-refractivity contribution in [2.24, 2.45) is 0 Å². The molecule has 0 fully saturated rings. The molecule has 0 aliphatic carbocycles. The maximum Gasteiger partial charge on any atom is 0.330 e. The molecule has 12 heteroatoms. The van der Waals surface area contributed by atoms with Crippen LogP contribution in [0.25, 0.3) is 0 Å². The zero-order chi connectivity index (χ0) is 31.0. The lowest BCUT2D eigenvalue weighted by atomic mass is 10.2. The Bertz CT molecular complexity index is 515. The molecule has 8 N–H and O–H groups in total. The highest BCUT2D eigenvalue weighted by molar-refractivity contribution is 5.85. The second-order valence-corrected chi connectivity index (χ2v) is 7.00. The molecule has 0 aromatic heterocycles. The molecule has 0 aliphatic rings. The highest BCUT2D eigenvalue weighted by Crippen LogP contribution is 1.90. The topological polar surface area (TPSA) is 230 Å². The first-order valence-corrected chi connectivity index (χ1v) is 10.9. The van der Waals surface area contributed by atoms with Gasteiger partial charge in [0.2, 0.25) is 0 Å². The summed E-state index contributed by atoms with van der Waals surface area (Å²) in [7, 11) is 0. The van der Waals surface area contributed by atoms with Crippen LogP contribution in [0.15, 0.2) is 48.6 Å². The van der Waals surface area contributed by atoms with Gasteiger partial charge >= 0.3 is 23.9 Å². The molecule has 0 aromatic rings. The smallest absolute Gasteiger partial charge is 0.330 e. The highest BCUT2D eigenvalue weighted by Gasteiger charge is 1.91. The number of aliphatic hydroxyl groups excluding tert-OH is 4. The van der Waals surface area contributed by atoms with E-state index < -0.39 is 23.9 Å². The van der Waals surface area contributed by atoms with Gasteiger partial charge in [-0.15, -0.1) is 0 Å². The van der Waals surface area contributed by atoms with E-state index >= 15 is 0 Å². The van der Waals surface area contributed by atoms with E-state index in [0.29, 0.717) is 0 Å². The van der Waals surface area contributed by atoms with Crippen molar-refractivity contribution in [2.45, 2.75) is 59.8 Å². The van der Waals surface area contributed by atoms with Crippen molar-refractivity contribution in [3.63, 3.8) is 0 Å². The van der Waals surface area contributed by atoms with Crippen LogP contribution in [0.2, 0.25) is 0 Å². The fourth-order valence-corrected chi connectivity index (χ4v) is 0.624. The molecule has 0 radical (unpaired) electrons. The summed E-state index contributed by atoms with van der Waals surface area (Å²) in [6, 6.07) is 0. The van der Waals surface area contributed by atoms with E-state index in [1.54, 1.807) is 0 Å². The van der Waals surface area contributed by atoms with Crippen molar-refractivity contribution in [3.05, 3.63) is 48.6 Å². The lowest BCUT2D eigenvalue weighted by Gasteiger charge is -1.90. The van der Waals surface area contributed by atoms with E-state index in [-0.39, 0.29) is 48.7 Å². The molecule has 0 heterocycles. The van der Waals surface area contributed by atoms with Crippen molar-refractivity contribution in [2.75, 3.05) is 26.4 Å². The molecule has 0 saturated heterocycles. The van der Waals surface area contributed by atoms with E-state index in [9.17, 15) is 19.2 Å². The molecular weight excluding hydrogens is 492 g/mol. The average Bonchev–Trinajstić information content (AvgIpc) is 2.79. The van der Waals surface area contributed by atoms with Crippen LogP contribution in [0, 0.1) is 0 Å². The molecule has 0 spiro atoms. The molecular formula is C25H46O12. The fourth-order valence-electron chi connectivity index (χ4n) is 0.624. The lowest BCUT2D eigenvalue weighted by molar-refractivity contribution is -0.133. The van der Waals surface area contributed by atoms with Gasteiger partial charge in [0.25, 0.3) is 0 Å². The minimum Gasteiger partial charge on any atom is -0.478 e. The Morgan fingerprint density at radius 3 is 0.595 bits per heavy atom. The maximum atomic E-state index is 9.60. The van der Waals surface area contributed by atoms with Crippen LogP contribution in [0.5, 0.6) is 0 Å². The molecule has 0 saturated carbocycles. The van der Waals surface area contributed by atoms with Gasteiger partial charge in [-0.05, 0) is 59.8 Å². The molecule has 12 nitrogen and oxygen atoms in total. The third-order valence-corrected chi connectivity index (χ3v) is 2.84. The molecule has 0 bridgehead atoms. The van der Waals surface area contributed by atoms with E-state index in [1.165, 1.54) is 27.7 Å². The first-order valence-electron chi connectivity index (χ1n) is 10.9. The summed E-state index contributed by atoms with van der Waals surface area (Å²) in [5, 5.41) is 64.2. The van der Waals surface area contributed by atoms with Gasteiger partial charge < -0.3 is 40.9 Å². The summed E-state index contributed by atoms with van der Waals surface area (Å²) < 4.78 is 0. The fraction of sp³-hybridized carbons (Fsp3) is 0.520. The van der Waals surface area contributed by atoms with Crippen LogP contribution in [-0.4, -0.2) is 91.2 Å². The number of aliphatic carboxylic acids is 4. The standard InChI is InChI=1S/C5H12O2.4C4H6O2.C4H10O2/c6-4-2-1-3-5-7;4*1-3(2)4(5)6;5-3-1-2-4-6/h6-7H,1-5H2;4*1H2,2H3,(H,5,6);5-6H,1-4H2. The second-order valence-electron chi connectivity index (χ2n) is 7.00. The number of unbranched alkanes of at least 4 members (excludes halogenated alkanes) is 3. The van der Waals surface area contributed by atoms with Crippen LogP contribution >= 0.6 is 0 Å². The SMILES string of the molecule is C=C(C)C(=O)O.C=C(C)C(=O)O.C=C(C)C(=O)O.C=C(C)C(=O)O.OCCCCCO.OCCCCO. The largest absolute Gasteiger partial charge is 0.478 e. The summed E-state index contributed by atoms with van der Waals surface area (Å²) in [5.41, 5.74) is 0.704. The number of hydrogen-bond donors (Lipinski definition) is 8. The highest BCUT2D eigenvalue weighted by atomic mass is 16.4. The second kappa shape index (κ2) is 37.2. The van der Waals surface area contributed by atoms with Gasteiger partial charge in [-0.2, -0.15) is 0 Å². The van der Waals surface area contributed by atoms with E-state index in [2.05, 4.69) is 26.3 Å². The normalized spacial score (nSPS) is 8.11. The van der Waals surface area contributed by atoms with E-state index in [0.717, 1.165) is 32.1 Å². The van der Waals surface area contributed by atoms with Crippen LogP contribution in [0.1, 0.15) is 59.8 Å². The maximum absolute atomic E-state index is 9.60.